The van der Waals surface area contributed by atoms with Gasteiger partial charge in [-0.1, -0.05) is 62.4 Å². The number of hydrogen-bond donors (Lipinski definition) is 0. The monoisotopic (exact) mass is 184 g/mol. The van der Waals surface area contributed by atoms with E-state index in [0.29, 0.717) is 0 Å². The van der Waals surface area contributed by atoms with Crippen molar-refractivity contribution in [3.8, 4) is 0 Å². The molecule has 1 aromatic carbocycles. The van der Waals surface area contributed by atoms with Crippen LogP contribution in [0, 0.1) is 5.41 Å². The molecular weight excluding hydrogens is 168 g/mol. The summed E-state index contributed by atoms with van der Waals surface area (Å²) in [5.74, 6) is 0. The summed E-state index contributed by atoms with van der Waals surface area (Å²) in [4.78, 5) is 0. The highest BCUT2D eigenvalue weighted by atomic mass is 14.2. The Labute approximate surface area is 86.0 Å². The van der Waals surface area contributed by atoms with E-state index < -0.39 is 0 Å². The average Bonchev–Trinajstić information content (AvgIpc) is 2.18. The van der Waals surface area contributed by atoms with Crippen LogP contribution in [0.4, 0.5) is 0 Å². The fourth-order valence-electron chi connectivity index (χ4n) is 1.90. The molecule has 0 unspecified atom stereocenters. The van der Waals surface area contributed by atoms with E-state index in [4.69, 9.17) is 0 Å². The third kappa shape index (κ3) is 1.95. The molecular formula is C14H16. The van der Waals surface area contributed by atoms with E-state index >= 15 is 0 Å². The molecule has 1 aliphatic carbocycles. The molecule has 0 bridgehead atoms. The van der Waals surface area contributed by atoms with Gasteiger partial charge in [0.15, 0.2) is 0 Å². The number of rotatable bonds is 1. The maximum absolute atomic E-state index is 2.36. The summed E-state index contributed by atoms with van der Waals surface area (Å²) in [7, 11) is 0. The van der Waals surface area contributed by atoms with E-state index in [-0.39, 0.29) is 5.41 Å². The summed E-state index contributed by atoms with van der Waals surface area (Å²) in [6.45, 7) is 4.48. The first-order valence-electron chi connectivity index (χ1n) is 5.12. The van der Waals surface area contributed by atoms with E-state index in [1.165, 1.54) is 11.1 Å². The van der Waals surface area contributed by atoms with Gasteiger partial charge in [0.2, 0.25) is 0 Å². The molecule has 0 amide bonds. The van der Waals surface area contributed by atoms with Gasteiger partial charge >= 0.3 is 0 Å². The smallest absolute Gasteiger partial charge is 0.00107 e. The van der Waals surface area contributed by atoms with Gasteiger partial charge in [-0.15, -0.1) is 0 Å². The van der Waals surface area contributed by atoms with Crippen LogP contribution < -0.4 is 0 Å². The zero-order valence-electron chi connectivity index (χ0n) is 8.83. The molecule has 0 fully saturated rings. The van der Waals surface area contributed by atoms with Gasteiger partial charge in [0.1, 0.15) is 0 Å². The third-order valence-electron chi connectivity index (χ3n) is 2.58. The largest absolute Gasteiger partial charge is 0.0833 e. The van der Waals surface area contributed by atoms with Gasteiger partial charge in [-0.3, -0.25) is 0 Å². The van der Waals surface area contributed by atoms with Crippen LogP contribution in [0.25, 0.3) is 5.57 Å². The van der Waals surface area contributed by atoms with Crippen LogP contribution >= 0.6 is 0 Å². The zero-order valence-corrected chi connectivity index (χ0v) is 8.83. The standard InChI is InChI=1S/C14H16/c1-14(2)10-6-9-13(11-14)12-7-4-3-5-8-12/h3-8,10-11H,9H2,1-2H3. The van der Waals surface area contributed by atoms with E-state index in [9.17, 15) is 0 Å². The number of hydrogen-bond acceptors (Lipinski definition) is 0. The molecule has 0 N–H and O–H groups in total. The minimum Gasteiger partial charge on any atom is -0.0833 e. The van der Waals surface area contributed by atoms with Gasteiger partial charge in [-0.05, 0) is 17.6 Å². The molecule has 0 atom stereocenters. The van der Waals surface area contributed by atoms with Crippen molar-refractivity contribution in [1.29, 1.82) is 0 Å². The van der Waals surface area contributed by atoms with E-state index in [0.717, 1.165) is 6.42 Å². The molecule has 1 aliphatic rings. The van der Waals surface area contributed by atoms with Crippen LogP contribution in [0.15, 0.2) is 48.6 Å². The summed E-state index contributed by atoms with van der Waals surface area (Å²) < 4.78 is 0. The minimum atomic E-state index is 0.212. The van der Waals surface area contributed by atoms with Gasteiger partial charge in [0.25, 0.3) is 0 Å². The summed E-state index contributed by atoms with van der Waals surface area (Å²) >= 11 is 0. The number of allylic oxidation sites excluding steroid dienone is 4. The van der Waals surface area contributed by atoms with Crippen LogP contribution in [-0.2, 0) is 0 Å². The van der Waals surface area contributed by atoms with Crippen molar-refractivity contribution in [3.63, 3.8) is 0 Å². The predicted octanol–water partition coefficient (Wildman–Crippen LogP) is 4.06. The van der Waals surface area contributed by atoms with Crippen molar-refractivity contribution in [2.45, 2.75) is 20.3 Å². The summed E-state index contributed by atoms with van der Waals surface area (Å²) in [6, 6.07) is 10.6. The van der Waals surface area contributed by atoms with Gasteiger partial charge in [0.05, 0.1) is 0 Å². The summed E-state index contributed by atoms with van der Waals surface area (Å²) in [6.07, 6.45) is 7.97. The van der Waals surface area contributed by atoms with Crippen LogP contribution in [-0.4, -0.2) is 0 Å². The Morgan fingerprint density at radius 3 is 2.43 bits per heavy atom. The Kier molecular flexibility index (Phi) is 2.28. The molecule has 0 saturated carbocycles. The Hall–Kier alpha value is -1.30. The second-order valence-corrected chi connectivity index (χ2v) is 4.46. The lowest BCUT2D eigenvalue weighted by atomic mass is 9.83. The summed E-state index contributed by atoms with van der Waals surface area (Å²) in [5, 5.41) is 0. The highest BCUT2D eigenvalue weighted by Crippen LogP contribution is 2.32. The lowest BCUT2D eigenvalue weighted by Crippen LogP contribution is -2.07. The zero-order chi connectivity index (χ0) is 10.0. The van der Waals surface area contributed by atoms with Crippen molar-refractivity contribution >= 4 is 5.57 Å². The lowest BCUT2D eigenvalue weighted by Gasteiger charge is -2.22. The van der Waals surface area contributed by atoms with Gasteiger partial charge in [0, 0.05) is 5.41 Å². The Balaban J connectivity index is 2.33. The van der Waals surface area contributed by atoms with Crippen molar-refractivity contribution in [2.75, 3.05) is 0 Å². The average molecular weight is 184 g/mol. The molecule has 0 spiro atoms. The van der Waals surface area contributed by atoms with Crippen molar-refractivity contribution < 1.29 is 0 Å². The quantitative estimate of drug-likeness (QED) is 0.577. The van der Waals surface area contributed by atoms with Gasteiger partial charge in [-0.2, -0.15) is 0 Å². The fraction of sp³-hybridized carbons (Fsp3) is 0.286. The molecule has 0 aromatic heterocycles. The molecule has 0 aliphatic heterocycles. The predicted molar refractivity (Wildman–Crippen MR) is 62.0 cm³/mol. The van der Waals surface area contributed by atoms with E-state index in [2.05, 4.69) is 62.4 Å². The molecule has 0 heterocycles. The molecule has 0 saturated heterocycles. The van der Waals surface area contributed by atoms with Crippen LogP contribution in [0.2, 0.25) is 0 Å². The first kappa shape index (κ1) is 9.26. The van der Waals surface area contributed by atoms with Gasteiger partial charge in [-0.25, -0.2) is 0 Å². The molecule has 0 nitrogen and oxygen atoms in total. The van der Waals surface area contributed by atoms with Crippen molar-refractivity contribution in [3.05, 3.63) is 54.1 Å². The van der Waals surface area contributed by atoms with Crippen molar-refractivity contribution in [1.82, 2.24) is 0 Å². The summed E-state index contributed by atoms with van der Waals surface area (Å²) in [5.41, 5.74) is 3.01. The third-order valence-corrected chi connectivity index (χ3v) is 2.58. The first-order valence-corrected chi connectivity index (χ1v) is 5.12. The topological polar surface area (TPSA) is 0 Å². The maximum atomic E-state index is 2.36. The highest BCUT2D eigenvalue weighted by Gasteiger charge is 2.15. The van der Waals surface area contributed by atoms with Crippen LogP contribution in [0.3, 0.4) is 0 Å². The van der Waals surface area contributed by atoms with Crippen LogP contribution in [0.1, 0.15) is 25.8 Å². The molecule has 14 heavy (non-hydrogen) atoms. The molecule has 72 valence electrons. The normalized spacial score (nSPS) is 19.1. The Bertz CT molecular complexity index is 366. The molecule has 0 radical (unpaired) electrons. The maximum Gasteiger partial charge on any atom is 0.00107 e. The van der Waals surface area contributed by atoms with E-state index in [1.54, 1.807) is 0 Å². The molecule has 2 rings (SSSR count). The minimum absolute atomic E-state index is 0.212. The highest BCUT2D eigenvalue weighted by molar-refractivity contribution is 5.68. The second kappa shape index (κ2) is 3.45. The van der Waals surface area contributed by atoms with Crippen LogP contribution in [0.5, 0.6) is 0 Å². The number of benzene rings is 1. The lowest BCUT2D eigenvalue weighted by molar-refractivity contribution is 0.618. The Morgan fingerprint density at radius 1 is 1.07 bits per heavy atom. The van der Waals surface area contributed by atoms with Crippen molar-refractivity contribution in [2.24, 2.45) is 5.41 Å². The fourth-order valence-corrected chi connectivity index (χ4v) is 1.90. The van der Waals surface area contributed by atoms with E-state index in [1.807, 2.05) is 0 Å². The second-order valence-electron chi connectivity index (χ2n) is 4.46. The van der Waals surface area contributed by atoms with Gasteiger partial charge < -0.3 is 0 Å². The molecule has 1 aromatic rings. The first-order chi connectivity index (χ1) is 6.67. The Morgan fingerprint density at radius 2 is 1.79 bits per heavy atom. The molecule has 0 heteroatoms. The SMILES string of the molecule is CC1(C)C=CCC(c2ccccc2)=C1.